The Kier molecular flexibility index (Phi) is 6.76. The normalized spacial score (nSPS) is 16.9. The molecule has 0 aliphatic carbocycles. The van der Waals surface area contributed by atoms with Crippen LogP contribution >= 0.6 is 0 Å². The molecule has 5 rings (SSSR count). The molecule has 0 radical (unpaired) electrons. The van der Waals surface area contributed by atoms with Crippen LogP contribution in [0, 0.1) is 18.7 Å². The van der Waals surface area contributed by atoms with Gasteiger partial charge < -0.3 is 20.0 Å². The number of nitrogens with one attached hydrogen (secondary N) is 1. The van der Waals surface area contributed by atoms with Crippen LogP contribution in [0.4, 0.5) is 21.6 Å². The molecule has 2 aliphatic rings. The molecule has 2 aliphatic heterocycles. The Bertz CT molecular complexity index is 1280. The zero-order chi connectivity index (χ0) is 25.2. The van der Waals surface area contributed by atoms with Crippen LogP contribution in [0.15, 0.2) is 48.5 Å². The van der Waals surface area contributed by atoms with Gasteiger partial charge in [0.25, 0.3) is 0 Å². The number of halogens is 1. The number of rotatable bonds is 4. The van der Waals surface area contributed by atoms with E-state index in [4.69, 9.17) is 4.98 Å². The Morgan fingerprint density at radius 2 is 1.67 bits per heavy atom. The fourth-order valence-corrected chi connectivity index (χ4v) is 5.31. The summed E-state index contributed by atoms with van der Waals surface area (Å²) in [6.07, 6.45) is 1.60. The van der Waals surface area contributed by atoms with Crippen LogP contribution < -0.4 is 15.1 Å². The van der Waals surface area contributed by atoms with Gasteiger partial charge in [-0.2, -0.15) is 0 Å². The van der Waals surface area contributed by atoms with Gasteiger partial charge in [0.1, 0.15) is 11.6 Å². The van der Waals surface area contributed by atoms with E-state index in [2.05, 4.69) is 23.2 Å². The highest BCUT2D eigenvalue weighted by molar-refractivity contribution is 5.93. The van der Waals surface area contributed by atoms with E-state index < -0.39 is 0 Å². The number of para-hydroxylation sites is 1. The van der Waals surface area contributed by atoms with Gasteiger partial charge in [-0.05, 0) is 61.7 Å². The van der Waals surface area contributed by atoms with Gasteiger partial charge in [-0.3, -0.25) is 9.59 Å². The second kappa shape index (κ2) is 10.1. The summed E-state index contributed by atoms with van der Waals surface area (Å²) >= 11 is 0. The number of piperidine rings is 1. The predicted molar refractivity (Wildman–Crippen MR) is 141 cm³/mol. The Morgan fingerprint density at radius 1 is 0.944 bits per heavy atom. The third kappa shape index (κ3) is 4.98. The highest BCUT2D eigenvalue weighted by atomic mass is 19.1. The van der Waals surface area contributed by atoms with Gasteiger partial charge >= 0.3 is 0 Å². The number of pyridine rings is 1. The summed E-state index contributed by atoms with van der Waals surface area (Å²) in [7, 11) is 0. The number of aryl methyl sites for hydroxylation is 1. The number of aromatic nitrogens is 1. The summed E-state index contributed by atoms with van der Waals surface area (Å²) in [6.45, 7) is 7.67. The maximum Gasteiger partial charge on any atom is 0.225 e. The summed E-state index contributed by atoms with van der Waals surface area (Å²) in [5.41, 5.74) is 3.38. The highest BCUT2D eigenvalue weighted by Gasteiger charge is 2.31. The number of hydrogen-bond acceptors (Lipinski definition) is 5. The van der Waals surface area contributed by atoms with Crippen LogP contribution in [0.3, 0.4) is 0 Å². The van der Waals surface area contributed by atoms with Gasteiger partial charge in [0.05, 0.1) is 11.2 Å². The number of anilines is 3. The third-order valence-electron chi connectivity index (χ3n) is 7.28. The molecule has 1 N–H and O–H groups in total. The first-order chi connectivity index (χ1) is 17.4. The average molecular weight is 490 g/mol. The molecule has 8 heteroatoms. The predicted octanol–water partition coefficient (Wildman–Crippen LogP) is 4.21. The van der Waals surface area contributed by atoms with Crippen molar-refractivity contribution < 1.29 is 14.0 Å². The number of carbonyl (C=O) groups excluding carboxylic acids is 2. The smallest absolute Gasteiger partial charge is 0.225 e. The van der Waals surface area contributed by atoms with Gasteiger partial charge in [-0.15, -0.1) is 0 Å². The number of hydrogen-bond donors (Lipinski definition) is 1. The van der Waals surface area contributed by atoms with Crippen molar-refractivity contribution in [3.8, 4) is 0 Å². The molecule has 0 atom stereocenters. The molecule has 36 heavy (non-hydrogen) atoms. The van der Waals surface area contributed by atoms with Crippen molar-refractivity contribution in [3.05, 3.63) is 59.9 Å². The Morgan fingerprint density at radius 3 is 2.36 bits per heavy atom. The van der Waals surface area contributed by atoms with E-state index >= 15 is 0 Å². The van der Waals surface area contributed by atoms with E-state index in [-0.39, 0.29) is 23.5 Å². The molecule has 2 fully saturated rings. The fraction of sp³-hybridized carbons (Fsp3) is 0.393. The lowest BCUT2D eigenvalue weighted by atomic mass is 9.94. The maximum absolute atomic E-state index is 14.1. The summed E-state index contributed by atoms with van der Waals surface area (Å²) < 4.78 is 14.1. The number of piperazine rings is 1. The minimum atomic E-state index is -0.213. The summed E-state index contributed by atoms with van der Waals surface area (Å²) in [6, 6.07) is 14.7. The van der Waals surface area contributed by atoms with Gasteiger partial charge in [-0.1, -0.05) is 12.1 Å². The quantitative estimate of drug-likeness (QED) is 0.595. The molecular weight excluding hydrogens is 457 g/mol. The second-order valence-corrected chi connectivity index (χ2v) is 9.74. The topological polar surface area (TPSA) is 68.8 Å². The van der Waals surface area contributed by atoms with Crippen molar-refractivity contribution >= 4 is 39.9 Å². The van der Waals surface area contributed by atoms with Crippen LogP contribution in [-0.2, 0) is 9.59 Å². The number of fused-ring (bicyclic) bond motifs is 1. The number of carbonyl (C=O) groups is 2. The van der Waals surface area contributed by atoms with Crippen molar-refractivity contribution in [2.75, 3.05) is 54.4 Å². The minimum Gasteiger partial charge on any atom is -0.366 e. The minimum absolute atomic E-state index is 0.0167. The van der Waals surface area contributed by atoms with Crippen molar-refractivity contribution in [3.63, 3.8) is 0 Å². The molecule has 3 aromatic rings. The lowest BCUT2D eigenvalue weighted by Crippen LogP contribution is -2.52. The van der Waals surface area contributed by atoms with Crippen LogP contribution in [0.5, 0.6) is 0 Å². The van der Waals surface area contributed by atoms with Gasteiger partial charge in [0.2, 0.25) is 11.8 Å². The lowest BCUT2D eigenvalue weighted by Gasteiger charge is -2.39. The van der Waals surface area contributed by atoms with E-state index in [9.17, 15) is 14.0 Å². The molecule has 2 amide bonds. The molecule has 2 saturated heterocycles. The summed E-state index contributed by atoms with van der Waals surface area (Å²) in [5.74, 6) is 0.854. The van der Waals surface area contributed by atoms with Crippen molar-refractivity contribution in [1.82, 2.24) is 9.88 Å². The molecule has 0 spiro atoms. The largest absolute Gasteiger partial charge is 0.366 e. The number of nitrogens with zero attached hydrogens (tertiary/aromatic N) is 4. The first-order valence-corrected chi connectivity index (χ1v) is 12.6. The Balaban J connectivity index is 1.18. The number of amides is 2. The Labute approximate surface area is 210 Å². The fourth-order valence-electron chi connectivity index (χ4n) is 5.31. The van der Waals surface area contributed by atoms with Crippen LogP contribution in [-0.4, -0.2) is 61.0 Å². The average Bonchev–Trinajstić information content (AvgIpc) is 2.89. The van der Waals surface area contributed by atoms with Crippen LogP contribution in [0.1, 0.15) is 25.3 Å². The van der Waals surface area contributed by atoms with Crippen molar-refractivity contribution in [2.45, 2.75) is 26.7 Å². The monoisotopic (exact) mass is 489 g/mol. The summed E-state index contributed by atoms with van der Waals surface area (Å²) in [4.78, 5) is 35.7. The van der Waals surface area contributed by atoms with E-state index in [1.165, 1.54) is 13.0 Å². The van der Waals surface area contributed by atoms with E-state index in [1.54, 1.807) is 12.1 Å². The van der Waals surface area contributed by atoms with Gasteiger partial charge in [-0.25, -0.2) is 9.37 Å². The lowest BCUT2D eigenvalue weighted by molar-refractivity contribution is -0.136. The van der Waals surface area contributed by atoms with Gasteiger partial charge in [0.15, 0.2) is 0 Å². The zero-order valence-electron chi connectivity index (χ0n) is 20.8. The first-order valence-electron chi connectivity index (χ1n) is 12.6. The first kappa shape index (κ1) is 24.0. The molecule has 0 unspecified atom stereocenters. The van der Waals surface area contributed by atoms with E-state index in [1.807, 2.05) is 34.1 Å². The standard InChI is InChI=1S/C28H32FN5O2/c1-19-17-27(31-25-8-7-22(18-23(19)25)30-20(2)35)33-11-9-21(10-12-33)28(36)34-15-13-32(14-16-34)26-6-4-3-5-24(26)29/h3-8,17-18,21H,9-16H2,1-2H3,(H,30,35). The van der Waals surface area contributed by atoms with Crippen LogP contribution in [0.25, 0.3) is 10.9 Å². The van der Waals surface area contributed by atoms with E-state index in [0.29, 0.717) is 31.9 Å². The molecule has 7 nitrogen and oxygen atoms in total. The van der Waals surface area contributed by atoms with Gasteiger partial charge in [0, 0.05) is 63.2 Å². The molecule has 0 saturated carbocycles. The van der Waals surface area contributed by atoms with E-state index in [0.717, 1.165) is 53.9 Å². The maximum atomic E-state index is 14.1. The molecule has 2 aromatic carbocycles. The third-order valence-corrected chi connectivity index (χ3v) is 7.28. The molecule has 1 aromatic heterocycles. The molecule has 3 heterocycles. The second-order valence-electron chi connectivity index (χ2n) is 9.74. The Hall–Kier alpha value is -3.68. The zero-order valence-corrected chi connectivity index (χ0v) is 20.8. The summed E-state index contributed by atoms with van der Waals surface area (Å²) in [5, 5.41) is 3.84. The number of benzene rings is 2. The molecule has 188 valence electrons. The highest BCUT2D eigenvalue weighted by Crippen LogP contribution is 2.29. The SMILES string of the molecule is CC(=O)Nc1ccc2nc(N3CCC(C(=O)N4CCN(c5ccccc5F)CC4)CC3)cc(C)c2c1. The van der Waals surface area contributed by atoms with Crippen molar-refractivity contribution in [1.29, 1.82) is 0 Å². The molecular formula is C28H32FN5O2. The molecule has 0 bridgehead atoms. The van der Waals surface area contributed by atoms with Crippen LogP contribution in [0.2, 0.25) is 0 Å². The van der Waals surface area contributed by atoms with Crippen molar-refractivity contribution in [2.24, 2.45) is 5.92 Å².